The fourth-order valence-electron chi connectivity index (χ4n) is 2.07. The molecule has 1 aromatic carbocycles. The molecule has 5 nitrogen and oxygen atoms in total. The molecule has 1 aliphatic rings. The van der Waals surface area contributed by atoms with Crippen molar-refractivity contribution in [3.05, 3.63) is 29.8 Å². The summed E-state index contributed by atoms with van der Waals surface area (Å²) in [6.45, 7) is 2.35. The van der Waals surface area contributed by atoms with Crippen molar-refractivity contribution in [1.29, 1.82) is 0 Å². The Kier molecular flexibility index (Phi) is 4.27. The van der Waals surface area contributed by atoms with E-state index in [9.17, 15) is 4.79 Å². The Bertz CT molecular complexity index is 450. The molecule has 1 aliphatic heterocycles. The lowest BCUT2D eigenvalue weighted by Gasteiger charge is -2.30. The van der Waals surface area contributed by atoms with E-state index in [-0.39, 0.29) is 24.7 Å². The highest BCUT2D eigenvalue weighted by Gasteiger charge is 2.24. The summed E-state index contributed by atoms with van der Waals surface area (Å²) >= 11 is 0. The van der Waals surface area contributed by atoms with Gasteiger partial charge in [0.15, 0.2) is 0 Å². The Morgan fingerprint density at radius 2 is 2.32 bits per heavy atom. The number of para-hydroxylation sites is 1. The summed E-state index contributed by atoms with van der Waals surface area (Å²) in [4.78, 5) is 13.6. The molecule has 2 amide bonds. The highest BCUT2D eigenvalue weighted by molar-refractivity contribution is 5.75. The van der Waals surface area contributed by atoms with E-state index in [2.05, 4.69) is 5.32 Å². The van der Waals surface area contributed by atoms with Crippen molar-refractivity contribution in [2.24, 2.45) is 0 Å². The second kappa shape index (κ2) is 5.93. The van der Waals surface area contributed by atoms with E-state index in [0.717, 1.165) is 17.7 Å². The second-order valence-corrected chi connectivity index (χ2v) is 4.82. The Morgan fingerprint density at radius 3 is 3.05 bits per heavy atom. The van der Waals surface area contributed by atoms with E-state index in [1.807, 2.05) is 24.3 Å². The number of fused-ring (bicyclic) bond motifs is 1. The number of hydrogen-bond acceptors (Lipinski definition) is 3. The van der Waals surface area contributed by atoms with Crippen LogP contribution >= 0.6 is 0 Å². The number of urea groups is 1. The molecular formula is C14H20N2O3. The Morgan fingerprint density at radius 1 is 1.58 bits per heavy atom. The van der Waals surface area contributed by atoms with E-state index >= 15 is 0 Å². The molecule has 0 saturated carbocycles. The first-order valence-corrected chi connectivity index (χ1v) is 6.49. The van der Waals surface area contributed by atoms with Crippen molar-refractivity contribution >= 4 is 6.03 Å². The monoisotopic (exact) mass is 264 g/mol. The number of aliphatic hydroxyl groups is 1. The third kappa shape index (κ3) is 2.98. The number of likely N-dealkylation sites (N-methyl/N-ethyl adjacent to an activating group) is 1. The van der Waals surface area contributed by atoms with Gasteiger partial charge in [0.2, 0.25) is 0 Å². The van der Waals surface area contributed by atoms with Crippen LogP contribution in [0.2, 0.25) is 0 Å². The molecule has 1 aromatic rings. The molecule has 0 saturated heterocycles. The predicted molar refractivity (Wildman–Crippen MR) is 72.1 cm³/mol. The van der Waals surface area contributed by atoms with Gasteiger partial charge in [-0.3, -0.25) is 0 Å². The minimum absolute atomic E-state index is 0.0363. The Balaban J connectivity index is 2.06. The van der Waals surface area contributed by atoms with Gasteiger partial charge in [-0.1, -0.05) is 18.2 Å². The van der Waals surface area contributed by atoms with Crippen LogP contribution in [0.15, 0.2) is 24.3 Å². The first-order valence-electron chi connectivity index (χ1n) is 6.49. The molecule has 0 aliphatic carbocycles. The molecule has 19 heavy (non-hydrogen) atoms. The maximum Gasteiger partial charge on any atom is 0.317 e. The maximum absolute atomic E-state index is 12.1. The van der Waals surface area contributed by atoms with E-state index < -0.39 is 0 Å². The highest BCUT2D eigenvalue weighted by atomic mass is 16.5. The molecule has 1 heterocycles. The lowest BCUT2D eigenvalue weighted by Crippen LogP contribution is -2.45. The third-order valence-electron chi connectivity index (χ3n) is 3.50. The van der Waals surface area contributed by atoms with Gasteiger partial charge in [0.1, 0.15) is 5.75 Å². The molecule has 2 N–H and O–H groups in total. The number of aliphatic hydroxyl groups excluding tert-OH is 1. The van der Waals surface area contributed by atoms with Crippen LogP contribution in [-0.2, 0) is 0 Å². The minimum Gasteiger partial charge on any atom is -0.493 e. The van der Waals surface area contributed by atoms with Gasteiger partial charge in [0.25, 0.3) is 0 Å². The van der Waals surface area contributed by atoms with Crippen LogP contribution in [0, 0.1) is 0 Å². The minimum atomic E-state index is -0.199. The number of ether oxygens (including phenoxy) is 1. The maximum atomic E-state index is 12.1. The number of nitrogens with one attached hydrogen (secondary N) is 1. The molecule has 0 aromatic heterocycles. The van der Waals surface area contributed by atoms with E-state index in [1.165, 1.54) is 4.90 Å². The number of nitrogens with zero attached hydrogens (tertiary/aromatic N) is 1. The van der Waals surface area contributed by atoms with Gasteiger partial charge >= 0.3 is 6.03 Å². The lowest BCUT2D eigenvalue weighted by atomic mass is 10.0. The van der Waals surface area contributed by atoms with Crippen LogP contribution in [0.1, 0.15) is 24.9 Å². The van der Waals surface area contributed by atoms with Crippen LogP contribution in [0.5, 0.6) is 5.75 Å². The smallest absolute Gasteiger partial charge is 0.317 e. The van der Waals surface area contributed by atoms with E-state index in [0.29, 0.717) is 6.61 Å². The van der Waals surface area contributed by atoms with Gasteiger partial charge in [0, 0.05) is 19.0 Å². The standard InChI is InChI=1S/C14H20N2O3/c1-10(9-17)16(2)14(18)15-12-7-8-19-13-6-4-3-5-11(12)13/h3-6,10,12,17H,7-9H2,1-2H3,(H,15,18). The number of rotatable bonds is 3. The first kappa shape index (κ1) is 13.7. The number of amides is 2. The number of carbonyl (C=O) groups is 1. The quantitative estimate of drug-likeness (QED) is 0.870. The fraction of sp³-hybridized carbons (Fsp3) is 0.500. The van der Waals surface area contributed by atoms with Crippen LogP contribution < -0.4 is 10.1 Å². The molecule has 104 valence electrons. The summed E-state index contributed by atoms with van der Waals surface area (Å²) < 4.78 is 5.56. The van der Waals surface area contributed by atoms with Crippen molar-refractivity contribution in [3.8, 4) is 5.75 Å². The lowest BCUT2D eigenvalue weighted by molar-refractivity contribution is 0.151. The van der Waals surface area contributed by atoms with Crippen LogP contribution in [0.25, 0.3) is 0 Å². The molecule has 2 unspecified atom stereocenters. The van der Waals surface area contributed by atoms with Crippen molar-refractivity contribution in [1.82, 2.24) is 10.2 Å². The van der Waals surface area contributed by atoms with Crippen molar-refractivity contribution in [2.45, 2.75) is 25.4 Å². The highest BCUT2D eigenvalue weighted by Crippen LogP contribution is 2.31. The number of benzene rings is 1. The number of carbonyl (C=O) groups excluding carboxylic acids is 1. The second-order valence-electron chi connectivity index (χ2n) is 4.82. The van der Waals surface area contributed by atoms with Crippen LogP contribution in [0.3, 0.4) is 0 Å². The van der Waals surface area contributed by atoms with Gasteiger partial charge in [-0.25, -0.2) is 4.79 Å². The molecular weight excluding hydrogens is 244 g/mol. The number of hydrogen-bond donors (Lipinski definition) is 2. The van der Waals surface area contributed by atoms with Gasteiger partial charge in [-0.15, -0.1) is 0 Å². The summed E-state index contributed by atoms with van der Waals surface area (Å²) in [6, 6.07) is 7.32. The Hall–Kier alpha value is -1.75. The molecule has 0 fully saturated rings. The SMILES string of the molecule is CC(CO)N(C)C(=O)NC1CCOc2ccccc21. The van der Waals surface area contributed by atoms with Crippen molar-refractivity contribution in [2.75, 3.05) is 20.3 Å². The van der Waals surface area contributed by atoms with Crippen LogP contribution in [-0.4, -0.2) is 42.3 Å². The normalized spacial score (nSPS) is 19.0. The van der Waals surface area contributed by atoms with Crippen molar-refractivity contribution < 1.29 is 14.6 Å². The zero-order valence-corrected chi connectivity index (χ0v) is 11.3. The van der Waals surface area contributed by atoms with E-state index in [4.69, 9.17) is 9.84 Å². The molecule has 0 radical (unpaired) electrons. The van der Waals surface area contributed by atoms with Gasteiger partial charge in [0.05, 0.1) is 25.3 Å². The van der Waals surface area contributed by atoms with Crippen LogP contribution in [0.4, 0.5) is 4.79 Å². The van der Waals surface area contributed by atoms with Gasteiger partial charge < -0.3 is 20.1 Å². The fourth-order valence-corrected chi connectivity index (χ4v) is 2.07. The zero-order chi connectivity index (χ0) is 13.8. The molecule has 0 bridgehead atoms. The predicted octanol–water partition coefficient (Wildman–Crippen LogP) is 1.53. The van der Waals surface area contributed by atoms with Gasteiger partial charge in [-0.2, -0.15) is 0 Å². The van der Waals surface area contributed by atoms with E-state index in [1.54, 1.807) is 14.0 Å². The summed E-state index contributed by atoms with van der Waals surface area (Å²) in [7, 11) is 1.68. The summed E-state index contributed by atoms with van der Waals surface area (Å²) in [5.74, 6) is 0.830. The average molecular weight is 264 g/mol. The molecule has 2 rings (SSSR count). The summed E-state index contributed by atoms with van der Waals surface area (Å²) in [5.41, 5.74) is 1.01. The van der Waals surface area contributed by atoms with Crippen molar-refractivity contribution in [3.63, 3.8) is 0 Å². The first-order chi connectivity index (χ1) is 9.13. The summed E-state index contributed by atoms with van der Waals surface area (Å²) in [5, 5.41) is 12.1. The topological polar surface area (TPSA) is 61.8 Å². The summed E-state index contributed by atoms with van der Waals surface area (Å²) in [6.07, 6.45) is 0.754. The molecule has 2 atom stereocenters. The largest absolute Gasteiger partial charge is 0.493 e. The molecule has 5 heteroatoms. The zero-order valence-electron chi connectivity index (χ0n) is 11.3. The molecule has 0 spiro atoms. The van der Waals surface area contributed by atoms with Gasteiger partial charge in [-0.05, 0) is 13.0 Å². The Labute approximate surface area is 113 Å². The average Bonchev–Trinajstić information content (AvgIpc) is 2.46. The third-order valence-corrected chi connectivity index (χ3v) is 3.50.